The van der Waals surface area contributed by atoms with Crippen molar-refractivity contribution in [2.75, 3.05) is 19.8 Å². The Labute approximate surface area is 179 Å². The van der Waals surface area contributed by atoms with Crippen LogP contribution in [0, 0.1) is 0 Å². The third kappa shape index (κ3) is 4.61. The zero-order chi connectivity index (χ0) is 20.8. The van der Waals surface area contributed by atoms with E-state index >= 15 is 0 Å². The van der Waals surface area contributed by atoms with Gasteiger partial charge in [-0.3, -0.25) is 4.79 Å². The molecule has 0 aliphatic heterocycles. The highest BCUT2D eigenvalue weighted by Crippen LogP contribution is 2.27. The number of nitrogens with zero attached hydrogens (tertiary/aromatic N) is 2. The molecule has 0 saturated heterocycles. The summed E-state index contributed by atoms with van der Waals surface area (Å²) >= 11 is 1.55. The smallest absolute Gasteiger partial charge is 0.251 e. The number of rotatable bonds is 8. The first kappa shape index (κ1) is 20.3. The van der Waals surface area contributed by atoms with Crippen molar-refractivity contribution in [3.63, 3.8) is 0 Å². The molecule has 3 aromatic carbocycles. The molecule has 4 aromatic rings. The van der Waals surface area contributed by atoms with Gasteiger partial charge in [-0.05, 0) is 30.5 Å². The molecule has 0 N–H and O–H groups in total. The SMILES string of the molecule is CCOCCn1c(=NC(=O)CCOc2ccccc2)sc2c3ccccc3ccc21. The average Bonchev–Trinajstić information content (AvgIpc) is 3.12. The quantitative estimate of drug-likeness (QED) is 0.385. The van der Waals surface area contributed by atoms with Gasteiger partial charge in [-0.1, -0.05) is 59.9 Å². The van der Waals surface area contributed by atoms with Crippen LogP contribution in [0.1, 0.15) is 13.3 Å². The Bertz CT molecular complexity index is 1210. The molecule has 154 valence electrons. The summed E-state index contributed by atoms with van der Waals surface area (Å²) in [5.41, 5.74) is 1.07. The lowest BCUT2D eigenvalue weighted by Gasteiger charge is -2.06. The number of amides is 1. The fourth-order valence-corrected chi connectivity index (χ4v) is 4.54. The lowest BCUT2D eigenvalue weighted by atomic mass is 10.1. The number of hydrogen-bond acceptors (Lipinski definition) is 4. The fraction of sp³-hybridized carbons (Fsp3) is 0.250. The second kappa shape index (κ2) is 9.69. The van der Waals surface area contributed by atoms with E-state index in [0.29, 0.717) is 31.2 Å². The molecule has 6 heteroatoms. The summed E-state index contributed by atoms with van der Waals surface area (Å²) in [7, 11) is 0. The first-order chi connectivity index (χ1) is 14.8. The summed E-state index contributed by atoms with van der Waals surface area (Å²) in [6.45, 7) is 4.17. The summed E-state index contributed by atoms with van der Waals surface area (Å²) in [6.07, 6.45) is 0.231. The average molecular weight is 421 g/mol. The van der Waals surface area contributed by atoms with Crippen LogP contribution in [0.4, 0.5) is 0 Å². The van der Waals surface area contributed by atoms with Crippen molar-refractivity contribution < 1.29 is 14.3 Å². The first-order valence-electron chi connectivity index (χ1n) is 10.1. The highest BCUT2D eigenvalue weighted by Gasteiger charge is 2.11. The number of para-hydroxylation sites is 1. The second-order valence-electron chi connectivity index (χ2n) is 6.79. The maximum Gasteiger partial charge on any atom is 0.251 e. The molecule has 1 heterocycles. The van der Waals surface area contributed by atoms with E-state index in [4.69, 9.17) is 9.47 Å². The van der Waals surface area contributed by atoms with Crippen molar-refractivity contribution in [1.29, 1.82) is 0 Å². The molecular weight excluding hydrogens is 396 g/mol. The number of thiazole rings is 1. The van der Waals surface area contributed by atoms with Crippen LogP contribution < -0.4 is 9.54 Å². The topological polar surface area (TPSA) is 52.8 Å². The number of fused-ring (bicyclic) bond motifs is 3. The minimum atomic E-state index is -0.188. The third-order valence-corrected chi connectivity index (χ3v) is 5.91. The molecule has 0 radical (unpaired) electrons. The van der Waals surface area contributed by atoms with Gasteiger partial charge in [0.15, 0.2) is 4.80 Å². The molecule has 0 aliphatic carbocycles. The van der Waals surface area contributed by atoms with Crippen LogP contribution in [0.15, 0.2) is 71.7 Å². The maximum absolute atomic E-state index is 12.5. The number of benzene rings is 3. The van der Waals surface area contributed by atoms with Crippen molar-refractivity contribution in [3.05, 3.63) is 71.5 Å². The number of carbonyl (C=O) groups excluding carboxylic acids is 1. The van der Waals surface area contributed by atoms with Gasteiger partial charge in [0.2, 0.25) is 0 Å². The number of aromatic nitrogens is 1. The minimum Gasteiger partial charge on any atom is -0.493 e. The Kier molecular flexibility index (Phi) is 6.57. The summed E-state index contributed by atoms with van der Waals surface area (Å²) in [6, 6.07) is 22.0. The summed E-state index contributed by atoms with van der Waals surface area (Å²) in [4.78, 5) is 17.7. The number of ether oxygens (including phenoxy) is 2. The minimum absolute atomic E-state index is 0.188. The van der Waals surface area contributed by atoms with E-state index in [1.165, 1.54) is 10.8 Å². The zero-order valence-electron chi connectivity index (χ0n) is 16.9. The maximum atomic E-state index is 12.5. The third-order valence-electron chi connectivity index (χ3n) is 4.79. The van der Waals surface area contributed by atoms with Gasteiger partial charge in [-0.25, -0.2) is 0 Å². The molecule has 0 aliphatic rings. The van der Waals surface area contributed by atoms with E-state index in [-0.39, 0.29) is 12.3 Å². The van der Waals surface area contributed by atoms with E-state index in [0.717, 1.165) is 16.0 Å². The highest BCUT2D eigenvalue weighted by atomic mass is 32.1. The molecule has 1 aromatic heterocycles. The Morgan fingerprint density at radius 3 is 2.63 bits per heavy atom. The van der Waals surface area contributed by atoms with Crippen molar-refractivity contribution in [1.82, 2.24) is 4.57 Å². The molecule has 0 unspecified atom stereocenters. The molecule has 0 saturated carbocycles. The van der Waals surface area contributed by atoms with E-state index < -0.39 is 0 Å². The molecule has 5 nitrogen and oxygen atoms in total. The summed E-state index contributed by atoms with van der Waals surface area (Å²) in [5, 5.41) is 2.35. The molecule has 4 rings (SSSR count). The predicted octanol–water partition coefficient (Wildman–Crippen LogP) is 4.79. The Hall–Kier alpha value is -2.96. The lowest BCUT2D eigenvalue weighted by molar-refractivity contribution is -0.118. The molecule has 0 spiro atoms. The Morgan fingerprint density at radius 1 is 1.00 bits per heavy atom. The standard InChI is InChI=1S/C24H24N2O3S/c1-2-28-17-15-26-21-13-12-18-8-6-7-11-20(18)23(21)30-24(26)25-22(27)14-16-29-19-9-4-3-5-10-19/h3-13H,2,14-17H2,1H3. The normalized spacial score (nSPS) is 12.0. The number of carbonyl (C=O) groups is 1. The second-order valence-corrected chi connectivity index (χ2v) is 7.76. The van der Waals surface area contributed by atoms with Gasteiger partial charge in [-0.2, -0.15) is 4.99 Å². The molecule has 0 atom stereocenters. The van der Waals surface area contributed by atoms with Gasteiger partial charge in [-0.15, -0.1) is 0 Å². The fourth-order valence-electron chi connectivity index (χ4n) is 3.34. The van der Waals surface area contributed by atoms with Gasteiger partial charge in [0.05, 0.1) is 29.9 Å². The van der Waals surface area contributed by atoms with Gasteiger partial charge in [0.25, 0.3) is 5.91 Å². The van der Waals surface area contributed by atoms with E-state index in [9.17, 15) is 4.79 Å². The summed E-state index contributed by atoms with van der Waals surface area (Å²) < 4.78 is 14.4. The zero-order valence-corrected chi connectivity index (χ0v) is 17.7. The first-order valence-corrected chi connectivity index (χ1v) is 10.9. The van der Waals surface area contributed by atoms with Crippen molar-refractivity contribution in [2.45, 2.75) is 19.9 Å². The van der Waals surface area contributed by atoms with Crippen molar-refractivity contribution in [2.24, 2.45) is 4.99 Å². The predicted molar refractivity (Wildman–Crippen MR) is 121 cm³/mol. The van der Waals surface area contributed by atoms with Crippen LogP contribution >= 0.6 is 11.3 Å². The van der Waals surface area contributed by atoms with Crippen LogP contribution in [0.5, 0.6) is 5.75 Å². The van der Waals surface area contributed by atoms with Gasteiger partial charge < -0.3 is 14.0 Å². The summed E-state index contributed by atoms with van der Waals surface area (Å²) in [5.74, 6) is 0.567. The Balaban J connectivity index is 1.62. The number of hydrogen-bond donors (Lipinski definition) is 0. The molecular formula is C24H24N2O3S. The van der Waals surface area contributed by atoms with Crippen molar-refractivity contribution >= 4 is 38.2 Å². The Morgan fingerprint density at radius 2 is 1.80 bits per heavy atom. The van der Waals surface area contributed by atoms with E-state index in [1.54, 1.807) is 11.3 Å². The monoisotopic (exact) mass is 420 g/mol. The molecule has 0 fully saturated rings. The van der Waals surface area contributed by atoms with Gasteiger partial charge in [0.1, 0.15) is 5.75 Å². The van der Waals surface area contributed by atoms with Crippen LogP contribution in [0.25, 0.3) is 21.0 Å². The highest BCUT2D eigenvalue weighted by molar-refractivity contribution is 7.17. The molecule has 0 bridgehead atoms. The molecule has 30 heavy (non-hydrogen) atoms. The van der Waals surface area contributed by atoms with E-state index in [1.807, 2.05) is 49.4 Å². The van der Waals surface area contributed by atoms with Crippen molar-refractivity contribution in [3.8, 4) is 5.75 Å². The largest absolute Gasteiger partial charge is 0.493 e. The van der Waals surface area contributed by atoms with Gasteiger partial charge in [0, 0.05) is 18.5 Å². The molecule has 1 amide bonds. The van der Waals surface area contributed by atoms with Crippen LogP contribution in [0.2, 0.25) is 0 Å². The van der Waals surface area contributed by atoms with E-state index in [2.05, 4.69) is 33.8 Å². The van der Waals surface area contributed by atoms with Crippen LogP contribution in [0.3, 0.4) is 0 Å². The van der Waals surface area contributed by atoms with Crippen LogP contribution in [-0.4, -0.2) is 30.3 Å². The van der Waals surface area contributed by atoms with Crippen LogP contribution in [-0.2, 0) is 16.1 Å². The van der Waals surface area contributed by atoms with Gasteiger partial charge >= 0.3 is 0 Å². The lowest BCUT2D eigenvalue weighted by Crippen LogP contribution is -2.20.